The van der Waals surface area contributed by atoms with Crippen LogP contribution in [-0.2, 0) is 14.6 Å². The van der Waals surface area contributed by atoms with Gasteiger partial charge in [-0.3, -0.25) is 14.4 Å². The van der Waals surface area contributed by atoms with E-state index >= 15 is 0 Å². The molecule has 4 heterocycles. The Balaban J connectivity index is 1.35. The van der Waals surface area contributed by atoms with Crippen LogP contribution in [-0.4, -0.2) is 78.4 Å². The summed E-state index contributed by atoms with van der Waals surface area (Å²) >= 11 is 0. The minimum atomic E-state index is -2.96. The van der Waals surface area contributed by atoms with E-state index in [1.54, 1.807) is 13.0 Å². The molecule has 0 unspecified atom stereocenters. The van der Waals surface area contributed by atoms with Crippen molar-refractivity contribution in [3.63, 3.8) is 0 Å². The maximum atomic E-state index is 12.2. The number of carbonyl (C=O) groups is 1. The lowest BCUT2D eigenvalue weighted by molar-refractivity contribution is -0.117. The zero-order valence-electron chi connectivity index (χ0n) is 17.6. The van der Waals surface area contributed by atoms with Gasteiger partial charge in [-0.25, -0.2) is 8.42 Å². The molecule has 1 atom stereocenters. The first-order valence-electron chi connectivity index (χ1n) is 10.2. The number of piperazine rings is 1. The number of aromatic nitrogens is 3. The van der Waals surface area contributed by atoms with E-state index in [9.17, 15) is 13.2 Å². The summed E-state index contributed by atoms with van der Waals surface area (Å²) in [5.41, 5.74) is 3.02. The SMILES string of the molecule is Cc1cc(NC(=O)CN2CCN(c3c(C)nn([C@@H]4CCS(=O)(=O)C4)c3C)CC2)no1. The summed E-state index contributed by atoms with van der Waals surface area (Å²) in [4.78, 5) is 16.6. The average molecular weight is 437 g/mol. The van der Waals surface area contributed by atoms with Crippen molar-refractivity contribution in [2.75, 3.05) is 54.4 Å². The highest BCUT2D eigenvalue weighted by Gasteiger charge is 2.32. The summed E-state index contributed by atoms with van der Waals surface area (Å²) in [5, 5.41) is 11.2. The first-order chi connectivity index (χ1) is 14.2. The van der Waals surface area contributed by atoms with Gasteiger partial charge >= 0.3 is 0 Å². The van der Waals surface area contributed by atoms with Crippen LogP contribution in [0, 0.1) is 20.8 Å². The highest BCUT2D eigenvalue weighted by atomic mass is 32.2. The Hall–Kier alpha value is -2.40. The van der Waals surface area contributed by atoms with Crippen molar-refractivity contribution in [3.8, 4) is 0 Å². The van der Waals surface area contributed by atoms with Gasteiger partial charge in [-0.1, -0.05) is 5.16 Å². The van der Waals surface area contributed by atoms with Gasteiger partial charge in [0.1, 0.15) is 5.76 Å². The van der Waals surface area contributed by atoms with Gasteiger partial charge in [0.25, 0.3) is 0 Å². The van der Waals surface area contributed by atoms with Crippen LogP contribution < -0.4 is 10.2 Å². The highest BCUT2D eigenvalue weighted by molar-refractivity contribution is 7.91. The van der Waals surface area contributed by atoms with Crippen LogP contribution in [0.3, 0.4) is 0 Å². The average Bonchev–Trinajstić information content (AvgIpc) is 3.33. The maximum absolute atomic E-state index is 12.2. The molecule has 4 rings (SSSR count). The van der Waals surface area contributed by atoms with Gasteiger partial charge in [-0.15, -0.1) is 0 Å². The number of nitrogens with one attached hydrogen (secondary N) is 1. The summed E-state index contributed by atoms with van der Waals surface area (Å²) in [6.45, 7) is 9.15. The third-order valence-electron chi connectivity index (χ3n) is 5.79. The van der Waals surface area contributed by atoms with Gasteiger partial charge in [0.05, 0.1) is 41.2 Å². The molecule has 0 bridgehead atoms. The first-order valence-corrected chi connectivity index (χ1v) is 12.0. The lowest BCUT2D eigenvalue weighted by atomic mass is 10.2. The lowest BCUT2D eigenvalue weighted by Crippen LogP contribution is -2.49. The van der Waals surface area contributed by atoms with E-state index in [1.165, 1.54) is 0 Å². The van der Waals surface area contributed by atoms with Gasteiger partial charge in [0, 0.05) is 32.2 Å². The minimum absolute atomic E-state index is 0.0763. The standard InChI is InChI=1S/C19H28N6O4S/c1-13-10-17(22-29-13)20-18(26)11-23-5-7-24(8-6-23)19-14(2)21-25(15(19)3)16-4-9-30(27,28)12-16/h10,16H,4-9,11-12H2,1-3H3,(H,20,22,26)/t16-/m1/s1. The smallest absolute Gasteiger partial charge is 0.239 e. The molecule has 2 saturated heterocycles. The number of amides is 1. The van der Waals surface area contributed by atoms with E-state index in [2.05, 4.69) is 25.4 Å². The summed E-state index contributed by atoms with van der Waals surface area (Å²) in [6, 6.07) is 1.61. The van der Waals surface area contributed by atoms with Crippen LogP contribution in [0.5, 0.6) is 0 Å². The van der Waals surface area contributed by atoms with Gasteiger partial charge in [-0.05, 0) is 27.2 Å². The Morgan fingerprint density at radius 1 is 1.23 bits per heavy atom. The van der Waals surface area contributed by atoms with Crippen molar-refractivity contribution in [3.05, 3.63) is 23.2 Å². The van der Waals surface area contributed by atoms with Crippen molar-refractivity contribution < 1.29 is 17.7 Å². The number of hydrogen-bond donors (Lipinski definition) is 1. The van der Waals surface area contributed by atoms with E-state index in [0.717, 1.165) is 43.3 Å². The number of nitrogens with zero attached hydrogens (tertiary/aromatic N) is 5. The van der Waals surface area contributed by atoms with Crippen molar-refractivity contribution >= 4 is 27.2 Å². The summed E-state index contributed by atoms with van der Waals surface area (Å²) in [7, 11) is -2.96. The van der Waals surface area contributed by atoms with Crippen molar-refractivity contribution in [1.82, 2.24) is 19.8 Å². The Labute approximate surface area is 176 Å². The third-order valence-corrected chi connectivity index (χ3v) is 7.54. The molecule has 2 aliphatic heterocycles. The Morgan fingerprint density at radius 2 is 1.97 bits per heavy atom. The van der Waals surface area contributed by atoms with Gasteiger partial charge in [-0.2, -0.15) is 5.10 Å². The number of rotatable bonds is 5. The summed E-state index contributed by atoms with van der Waals surface area (Å²) < 4.78 is 30.6. The highest BCUT2D eigenvalue weighted by Crippen LogP contribution is 2.31. The van der Waals surface area contributed by atoms with Gasteiger partial charge in [0.2, 0.25) is 5.91 Å². The van der Waals surface area contributed by atoms with Crippen LogP contribution in [0.4, 0.5) is 11.5 Å². The molecular weight excluding hydrogens is 408 g/mol. The molecule has 30 heavy (non-hydrogen) atoms. The van der Waals surface area contributed by atoms with Gasteiger partial charge in [0.15, 0.2) is 15.7 Å². The molecule has 2 aromatic rings. The second-order valence-corrected chi connectivity index (χ2v) is 10.4. The fourth-order valence-corrected chi connectivity index (χ4v) is 6.07. The molecule has 1 N–H and O–H groups in total. The summed E-state index contributed by atoms with van der Waals surface area (Å²) in [5.74, 6) is 1.38. The van der Waals surface area contributed by atoms with Crippen LogP contribution in [0.1, 0.15) is 29.6 Å². The molecule has 10 nitrogen and oxygen atoms in total. The van der Waals surface area contributed by atoms with Crippen LogP contribution in [0.15, 0.2) is 10.6 Å². The predicted molar refractivity (Wildman–Crippen MR) is 113 cm³/mol. The molecule has 11 heteroatoms. The zero-order valence-corrected chi connectivity index (χ0v) is 18.4. The second-order valence-electron chi connectivity index (χ2n) is 8.16. The van der Waals surface area contributed by atoms with Crippen LogP contribution in [0.2, 0.25) is 0 Å². The van der Waals surface area contributed by atoms with Gasteiger partial charge < -0.3 is 14.7 Å². The number of carbonyl (C=O) groups excluding carboxylic acids is 1. The number of anilines is 2. The fourth-order valence-electron chi connectivity index (χ4n) is 4.38. The van der Waals surface area contributed by atoms with Crippen molar-refractivity contribution in [1.29, 1.82) is 0 Å². The normalized spacial score (nSPS) is 21.8. The third kappa shape index (κ3) is 4.36. The molecule has 2 aliphatic rings. The molecule has 0 aliphatic carbocycles. The fraction of sp³-hybridized carbons (Fsp3) is 0.632. The maximum Gasteiger partial charge on any atom is 0.239 e. The van der Waals surface area contributed by atoms with E-state index in [0.29, 0.717) is 24.5 Å². The number of aryl methyl sites for hydroxylation is 2. The molecule has 0 aromatic carbocycles. The molecule has 0 saturated carbocycles. The Bertz CT molecular complexity index is 1040. The van der Waals surface area contributed by atoms with E-state index < -0.39 is 9.84 Å². The monoisotopic (exact) mass is 436 g/mol. The van der Waals surface area contributed by atoms with E-state index in [4.69, 9.17) is 4.52 Å². The Morgan fingerprint density at radius 3 is 2.57 bits per heavy atom. The molecule has 0 spiro atoms. The second kappa shape index (κ2) is 8.03. The predicted octanol–water partition coefficient (Wildman–Crippen LogP) is 0.917. The first kappa shape index (κ1) is 20.9. The largest absolute Gasteiger partial charge is 0.366 e. The molecule has 0 radical (unpaired) electrons. The Kier molecular flexibility index (Phi) is 5.58. The molecule has 2 fully saturated rings. The van der Waals surface area contributed by atoms with E-state index in [1.807, 2.05) is 18.5 Å². The van der Waals surface area contributed by atoms with E-state index in [-0.39, 0.29) is 23.5 Å². The molecule has 2 aromatic heterocycles. The molecular formula is C19H28N6O4S. The van der Waals surface area contributed by atoms with Crippen molar-refractivity contribution in [2.45, 2.75) is 33.2 Å². The van der Waals surface area contributed by atoms with Crippen LogP contribution >= 0.6 is 0 Å². The molecule has 164 valence electrons. The quantitative estimate of drug-likeness (QED) is 0.736. The molecule has 1 amide bonds. The summed E-state index contributed by atoms with van der Waals surface area (Å²) in [6.07, 6.45) is 0.623. The number of sulfone groups is 1. The van der Waals surface area contributed by atoms with Crippen LogP contribution in [0.25, 0.3) is 0 Å². The van der Waals surface area contributed by atoms with Crippen molar-refractivity contribution in [2.24, 2.45) is 0 Å². The number of hydrogen-bond acceptors (Lipinski definition) is 8. The topological polar surface area (TPSA) is 114 Å². The zero-order chi connectivity index (χ0) is 21.5. The minimum Gasteiger partial charge on any atom is -0.366 e. The lowest BCUT2D eigenvalue weighted by Gasteiger charge is -2.35.